The molecule has 4 rings (SSSR count). The predicted molar refractivity (Wildman–Crippen MR) is 115 cm³/mol. The number of amides is 1. The van der Waals surface area contributed by atoms with Crippen molar-refractivity contribution in [2.24, 2.45) is 0 Å². The second-order valence-electron chi connectivity index (χ2n) is 7.27. The van der Waals surface area contributed by atoms with Gasteiger partial charge in [-0.15, -0.1) is 0 Å². The number of fused-ring (bicyclic) bond motifs is 1. The number of aromatic nitrogens is 2. The van der Waals surface area contributed by atoms with E-state index in [4.69, 9.17) is 0 Å². The molecule has 0 saturated carbocycles. The summed E-state index contributed by atoms with van der Waals surface area (Å²) in [5, 5.41) is 2.80. The van der Waals surface area contributed by atoms with Crippen LogP contribution in [0.3, 0.4) is 0 Å². The summed E-state index contributed by atoms with van der Waals surface area (Å²) in [6.07, 6.45) is 5.42. The summed E-state index contributed by atoms with van der Waals surface area (Å²) in [4.78, 5) is 16.9. The number of nitrogens with zero attached hydrogens (tertiary/aromatic N) is 2. The van der Waals surface area contributed by atoms with Crippen LogP contribution in [0.25, 0.3) is 11.4 Å². The van der Waals surface area contributed by atoms with Gasteiger partial charge in [0.25, 0.3) is 0 Å². The third-order valence-electron chi connectivity index (χ3n) is 5.13. The molecule has 2 N–H and O–H groups in total. The highest BCUT2D eigenvalue weighted by Gasteiger charge is 2.16. The zero-order chi connectivity index (χ0) is 21.0. The standard InChI is InChI=1S/C22H24N4O3S/c27-21(13-14-24-30(28,29)20-7-2-1-3-8-20)25-18-11-9-17(10-12-18)22-23-16-19-6-4-5-15-26(19)22/h1-3,7-12,16,24H,4-6,13-15H2,(H,25,27). The highest BCUT2D eigenvalue weighted by Crippen LogP contribution is 2.25. The smallest absolute Gasteiger partial charge is 0.240 e. The Balaban J connectivity index is 1.31. The maximum atomic E-state index is 12.2. The van der Waals surface area contributed by atoms with Crippen LogP contribution in [0.4, 0.5) is 5.69 Å². The van der Waals surface area contributed by atoms with Gasteiger partial charge in [0.1, 0.15) is 5.82 Å². The normalized spacial score (nSPS) is 13.6. The number of carbonyl (C=O) groups is 1. The molecular weight excluding hydrogens is 400 g/mol. The van der Waals surface area contributed by atoms with Gasteiger partial charge in [-0.2, -0.15) is 0 Å². The van der Waals surface area contributed by atoms with Gasteiger partial charge in [-0.1, -0.05) is 18.2 Å². The first-order valence-electron chi connectivity index (χ1n) is 10.0. The molecule has 7 nitrogen and oxygen atoms in total. The molecule has 0 fully saturated rings. The van der Waals surface area contributed by atoms with Gasteiger partial charge in [0.15, 0.2) is 0 Å². The van der Waals surface area contributed by atoms with Crippen molar-refractivity contribution in [2.75, 3.05) is 11.9 Å². The molecule has 0 atom stereocenters. The summed E-state index contributed by atoms with van der Waals surface area (Å²) in [6.45, 7) is 1.02. The van der Waals surface area contributed by atoms with E-state index in [1.807, 2.05) is 30.5 Å². The van der Waals surface area contributed by atoms with Crippen molar-refractivity contribution in [3.05, 3.63) is 66.5 Å². The number of benzene rings is 2. The average molecular weight is 425 g/mol. The van der Waals surface area contributed by atoms with Crippen LogP contribution in [-0.2, 0) is 27.8 Å². The number of imidazole rings is 1. The van der Waals surface area contributed by atoms with Crippen molar-refractivity contribution in [1.29, 1.82) is 0 Å². The summed E-state index contributed by atoms with van der Waals surface area (Å²) in [6, 6.07) is 15.7. The van der Waals surface area contributed by atoms with Crippen LogP contribution in [0.2, 0.25) is 0 Å². The number of anilines is 1. The van der Waals surface area contributed by atoms with Crippen LogP contribution in [0.5, 0.6) is 0 Å². The Morgan fingerprint density at radius 2 is 1.80 bits per heavy atom. The van der Waals surface area contributed by atoms with Crippen LogP contribution in [-0.4, -0.2) is 30.4 Å². The first-order valence-corrected chi connectivity index (χ1v) is 11.5. The third kappa shape index (κ3) is 4.60. The molecule has 1 aliphatic rings. The lowest BCUT2D eigenvalue weighted by Gasteiger charge is -2.16. The van der Waals surface area contributed by atoms with E-state index in [2.05, 4.69) is 19.6 Å². The molecule has 1 aliphatic heterocycles. The van der Waals surface area contributed by atoms with E-state index < -0.39 is 10.0 Å². The Morgan fingerprint density at radius 3 is 2.57 bits per heavy atom. The van der Waals surface area contributed by atoms with Crippen LogP contribution in [0.15, 0.2) is 65.7 Å². The van der Waals surface area contributed by atoms with Gasteiger partial charge in [-0.3, -0.25) is 4.79 Å². The molecule has 2 aromatic carbocycles. The average Bonchev–Trinajstić information content (AvgIpc) is 3.19. The second-order valence-corrected chi connectivity index (χ2v) is 9.04. The van der Waals surface area contributed by atoms with Gasteiger partial charge in [-0.05, 0) is 55.7 Å². The van der Waals surface area contributed by atoms with E-state index in [1.54, 1.807) is 18.2 Å². The number of carbonyl (C=O) groups excluding carboxylic acids is 1. The van der Waals surface area contributed by atoms with Crippen molar-refractivity contribution in [3.63, 3.8) is 0 Å². The molecule has 3 aromatic rings. The fourth-order valence-corrected chi connectivity index (χ4v) is 4.63. The Hall–Kier alpha value is -2.97. The van der Waals surface area contributed by atoms with Crippen molar-refractivity contribution < 1.29 is 13.2 Å². The molecule has 30 heavy (non-hydrogen) atoms. The molecule has 1 amide bonds. The number of sulfonamides is 1. The molecule has 2 heterocycles. The minimum absolute atomic E-state index is 0.0291. The predicted octanol–water partition coefficient (Wildman–Crippen LogP) is 3.19. The molecule has 0 spiro atoms. The van der Waals surface area contributed by atoms with Gasteiger partial charge in [0.2, 0.25) is 15.9 Å². The number of aryl methyl sites for hydroxylation is 1. The van der Waals surface area contributed by atoms with Gasteiger partial charge in [-0.25, -0.2) is 18.1 Å². The maximum absolute atomic E-state index is 12.2. The van der Waals surface area contributed by atoms with Gasteiger partial charge < -0.3 is 9.88 Å². The van der Waals surface area contributed by atoms with E-state index in [9.17, 15) is 13.2 Å². The molecule has 0 bridgehead atoms. The zero-order valence-corrected chi connectivity index (χ0v) is 17.4. The first kappa shape index (κ1) is 20.3. The maximum Gasteiger partial charge on any atom is 0.240 e. The van der Waals surface area contributed by atoms with E-state index in [0.717, 1.165) is 24.4 Å². The number of nitrogens with one attached hydrogen (secondary N) is 2. The highest BCUT2D eigenvalue weighted by molar-refractivity contribution is 7.89. The van der Waals surface area contributed by atoms with Crippen LogP contribution in [0.1, 0.15) is 25.0 Å². The molecule has 156 valence electrons. The van der Waals surface area contributed by atoms with Crippen molar-refractivity contribution >= 4 is 21.6 Å². The Labute approximate surface area is 176 Å². The molecule has 0 radical (unpaired) electrons. The topological polar surface area (TPSA) is 93.1 Å². The summed E-state index contributed by atoms with van der Waals surface area (Å²) in [5.41, 5.74) is 2.95. The minimum atomic E-state index is -3.61. The quantitative estimate of drug-likeness (QED) is 0.609. The van der Waals surface area contributed by atoms with Crippen molar-refractivity contribution in [1.82, 2.24) is 14.3 Å². The van der Waals surface area contributed by atoms with Crippen molar-refractivity contribution in [2.45, 2.75) is 37.1 Å². The lowest BCUT2D eigenvalue weighted by molar-refractivity contribution is -0.116. The summed E-state index contributed by atoms with van der Waals surface area (Å²) in [7, 11) is -3.61. The fourth-order valence-electron chi connectivity index (χ4n) is 3.57. The molecular formula is C22H24N4O3S. The number of hydrogen-bond acceptors (Lipinski definition) is 4. The van der Waals surface area contributed by atoms with Crippen LogP contribution >= 0.6 is 0 Å². The Morgan fingerprint density at radius 1 is 1.03 bits per heavy atom. The zero-order valence-electron chi connectivity index (χ0n) is 16.5. The lowest BCUT2D eigenvalue weighted by atomic mass is 10.1. The first-order chi connectivity index (χ1) is 14.5. The largest absolute Gasteiger partial charge is 0.328 e. The van der Waals surface area contributed by atoms with E-state index in [-0.39, 0.29) is 23.8 Å². The summed E-state index contributed by atoms with van der Waals surface area (Å²) in [5.74, 6) is 0.703. The third-order valence-corrected chi connectivity index (χ3v) is 6.60. The summed E-state index contributed by atoms with van der Waals surface area (Å²) >= 11 is 0. The summed E-state index contributed by atoms with van der Waals surface area (Å²) < 4.78 is 29.1. The van der Waals surface area contributed by atoms with E-state index in [1.165, 1.54) is 30.7 Å². The van der Waals surface area contributed by atoms with Gasteiger partial charge in [0.05, 0.1) is 4.90 Å². The second kappa shape index (κ2) is 8.81. The van der Waals surface area contributed by atoms with Crippen LogP contribution < -0.4 is 10.0 Å². The van der Waals surface area contributed by atoms with Gasteiger partial charge >= 0.3 is 0 Å². The molecule has 0 saturated heterocycles. The Bertz CT molecular complexity index is 1120. The number of hydrogen-bond donors (Lipinski definition) is 2. The highest BCUT2D eigenvalue weighted by atomic mass is 32.2. The van der Waals surface area contributed by atoms with Crippen molar-refractivity contribution in [3.8, 4) is 11.4 Å². The SMILES string of the molecule is O=C(CCNS(=O)(=O)c1ccccc1)Nc1ccc(-c2ncc3n2CCCC3)cc1. The Kier molecular flexibility index (Phi) is 5.96. The monoisotopic (exact) mass is 424 g/mol. The lowest BCUT2D eigenvalue weighted by Crippen LogP contribution is -2.27. The molecule has 0 aliphatic carbocycles. The molecule has 1 aromatic heterocycles. The van der Waals surface area contributed by atoms with E-state index in [0.29, 0.717) is 5.69 Å². The minimum Gasteiger partial charge on any atom is -0.328 e. The molecule has 0 unspecified atom stereocenters. The molecule has 8 heteroatoms. The fraction of sp³-hybridized carbons (Fsp3) is 0.273. The van der Waals surface area contributed by atoms with E-state index >= 15 is 0 Å². The van der Waals surface area contributed by atoms with Crippen LogP contribution in [0, 0.1) is 0 Å². The van der Waals surface area contributed by atoms with Gasteiger partial charge in [0, 0.05) is 42.7 Å². The number of rotatable bonds is 7.